The van der Waals surface area contributed by atoms with Crippen LogP contribution in [0.5, 0.6) is 0 Å². The van der Waals surface area contributed by atoms with E-state index in [4.69, 9.17) is 0 Å². The van der Waals surface area contributed by atoms with Crippen molar-refractivity contribution in [2.45, 2.75) is 46.3 Å². The summed E-state index contributed by atoms with van der Waals surface area (Å²) in [5, 5.41) is 3.52. The molecule has 0 atom stereocenters. The summed E-state index contributed by atoms with van der Waals surface area (Å²) >= 11 is 0. The smallest absolute Gasteiger partial charge is 0.105 e. The van der Waals surface area contributed by atoms with Crippen LogP contribution in [0.4, 0.5) is 0 Å². The second-order valence-electron chi connectivity index (χ2n) is 6.03. The van der Waals surface area contributed by atoms with Gasteiger partial charge in [0.15, 0.2) is 0 Å². The van der Waals surface area contributed by atoms with Crippen molar-refractivity contribution < 1.29 is 0 Å². The minimum Gasteiger partial charge on any atom is -0.331 e. The molecule has 0 fully saturated rings. The molecule has 0 aliphatic rings. The predicted octanol–water partition coefficient (Wildman–Crippen LogP) is 3.13. The Morgan fingerprint density at radius 3 is 2.58 bits per heavy atom. The first-order chi connectivity index (χ1) is 8.94. The number of rotatable bonds is 4. The quantitative estimate of drug-likeness (QED) is 0.912. The van der Waals surface area contributed by atoms with Gasteiger partial charge in [-0.05, 0) is 38.8 Å². The summed E-state index contributed by atoms with van der Waals surface area (Å²) < 4.78 is 2.16. The molecule has 1 heterocycles. The topological polar surface area (TPSA) is 29.9 Å². The first-order valence-electron chi connectivity index (χ1n) is 6.75. The van der Waals surface area contributed by atoms with Crippen molar-refractivity contribution in [1.29, 1.82) is 0 Å². The fourth-order valence-corrected chi connectivity index (χ4v) is 1.97. The van der Waals surface area contributed by atoms with Gasteiger partial charge < -0.3 is 9.88 Å². The highest BCUT2D eigenvalue weighted by Gasteiger charge is 2.08. The normalized spacial score (nSPS) is 11.8. The van der Waals surface area contributed by atoms with Crippen LogP contribution in [0.2, 0.25) is 0 Å². The van der Waals surface area contributed by atoms with Gasteiger partial charge in [0.1, 0.15) is 5.82 Å². The number of aryl methyl sites for hydroxylation is 1. The van der Waals surface area contributed by atoms with Gasteiger partial charge in [-0.25, -0.2) is 4.98 Å². The number of nitrogens with zero attached hydrogens (tertiary/aromatic N) is 2. The molecule has 1 aromatic carbocycles. The van der Waals surface area contributed by atoms with Crippen molar-refractivity contribution in [2.24, 2.45) is 0 Å². The molecule has 0 aliphatic heterocycles. The lowest BCUT2D eigenvalue weighted by Gasteiger charge is -2.20. The molecule has 3 nitrogen and oxygen atoms in total. The van der Waals surface area contributed by atoms with Crippen molar-refractivity contribution in [1.82, 2.24) is 14.9 Å². The highest BCUT2D eigenvalue weighted by atomic mass is 15.0. The standard InChI is InChI=1S/C16H23N3/c1-13-17-8-9-19(13)12-15-7-5-6-14(10-15)11-18-16(2,3)4/h5-10,18H,11-12H2,1-4H3. The molecule has 0 saturated carbocycles. The average molecular weight is 257 g/mol. The largest absolute Gasteiger partial charge is 0.331 e. The molecule has 0 amide bonds. The van der Waals surface area contributed by atoms with Crippen LogP contribution in [0.1, 0.15) is 37.7 Å². The van der Waals surface area contributed by atoms with E-state index < -0.39 is 0 Å². The van der Waals surface area contributed by atoms with Crippen LogP contribution in [0.15, 0.2) is 36.7 Å². The van der Waals surface area contributed by atoms with Gasteiger partial charge in [0.2, 0.25) is 0 Å². The number of aromatic nitrogens is 2. The molecule has 0 spiro atoms. The summed E-state index contributed by atoms with van der Waals surface area (Å²) in [5.74, 6) is 1.05. The maximum Gasteiger partial charge on any atom is 0.105 e. The highest BCUT2D eigenvalue weighted by molar-refractivity contribution is 5.24. The van der Waals surface area contributed by atoms with Crippen LogP contribution in [-0.2, 0) is 13.1 Å². The number of benzene rings is 1. The van der Waals surface area contributed by atoms with Crippen LogP contribution >= 0.6 is 0 Å². The van der Waals surface area contributed by atoms with Crippen molar-refractivity contribution in [3.8, 4) is 0 Å². The second-order valence-corrected chi connectivity index (χ2v) is 6.03. The third kappa shape index (κ3) is 4.21. The van der Waals surface area contributed by atoms with Crippen LogP contribution < -0.4 is 5.32 Å². The Balaban J connectivity index is 2.05. The minimum absolute atomic E-state index is 0.150. The molecule has 0 bridgehead atoms. The van der Waals surface area contributed by atoms with Crippen LogP contribution in [0.25, 0.3) is 0 Å². The van der Waals surface area contributed by atoms with Gasteiger partial charge in [-0.15, -0.1) is 0 Å². The predicted molar refractivity (Wildman–Crippen MR) is 79.1 cm³/mol. The van der Waals surface area contributed by atoms with Crippen LogP contribution in [0, 0.1) is 6.92 Å². The van der Waals surface area contributed by atoms with Gasteiger partial charge in [-0.2, -0.15) is 0 Å². The van der Waals surface area contributed by atoms with E-state index in [-0.39, 0.29) is 5.54 Å². The molecule has 0 aliphatic carbocycles. The van der Waals surface area contributed by atoms with E-state index in [0.29, 0.717) is 0 Å². The maximum atomic E-state index is 4.25. The molecule has 1 N–H and O–H groups in total. The summed E-state index contributed by atoms with van der Waals surface area (Å²) in [6, 6.07) is 8.72. The SMILES string of the molecule is Cc1nccn1Cc1cccc(CNC(C)(C)C)c1. The highest BCUT2D eigenvalue weighted by Crippen LogP contribution is 2.10. The summed E-state index contributed by atoms with van der Waals surface area (Å²) in [6.45, 7) is 10.4. The number of hydrogen-bond acceptors (Lipinski definition) is 2. The molecule has 2 aromatic rings. The van der Waals surface area contributed by atoms with Crippen molar-refractivity contribution in [3.05, 3.63) is 53.6 Å². The fraction of sp³-hybridized carbons (Fsp3) is 0.438. The van der Waals surface area contributed by atoms with Gasteiger partial charge in [-0.3, -0.25) is 0 Å². The van der Waals surface area contributed by atoms with Gasteiger partial charge in [0.05, 0.1) is 0 Å². The Morgan fingerprint density at radius 1 is 1.21 bits per heavy atom. The molecule has 102 valence electrons. The third-order valence-corrected chi connectivity index (χ3v) is 3.09. The second kappa shape index (κ2) is 5.57. The van der Waals surface area contributed by atoms with Crippen molar-refractivity contribution in [3.63, 3.8) is 0 Å². The Bertz CT molecular complexity index is 535. The van der Waals surface area contributed by atoms with Crippen molar-refractivity contribution >= 4 is 0 Å². The Labute approximate surface area is 115 Å². The van der Waals surface area contributed by atoms with E-state index in [2.05, 4.69) is 59.9 Å². The monoisotopic (exact) mass is 257 g/mol. The van der Waals surface area contributed by atoms with Crippen LogP contribution in [-0.4, -0.2) is 15.1 Å². The Morgan fingerprint density at radius 2 is 1.95 bits per heavy atom. The molecule has 19 heavy (non-hydrogen) atoms. The van der Waals surface area contributed by atoms with E-state index in [9.17, 15) is 0 Å². The van der Waals surface area contributed by atoms with E-state index in [1.54, 1.807) is 0 Å². The van der Waals surface area contributed by atoms with E-state index >= 15 is 0 Å². The van der Waals surface area contributed by atoms with Crippen molar-refractivity contribution in [2.75, 3.05) is 0 Å². The third-order valence-electron chi connectivity index (χ3n) is 3.09. The number of imidazole rings is 1. The van der Waals surface area contributed by atoms with Gasteiger partial charge in [0.25, 0.3) is 0 Å². The zero-order chi connectivity index (χ0) is 13.9. The maximum absolute atomic E-state index is 4.25. The lowest BCUT2D eigenvalue weighted by molar-refractivity contribution is 0.424. The van der Waals surface area contributed by atoms with Gasteiger partial charge in [0, 0.05) is 31.0 Å². The minimum atomic E-state index is 0.150. The molecular formula is C16H23N3. The lowest BCUT2D eigenvalue weighted by Crippen LogP contribution is -2.35. The molecule has 0 saturated heterocycles. The molecule has 2 rings (SSSR count). The molecule has 0 unspecified atom stereocenters. The van der Waals surface area contributed by atoms with E-state index in [1.807, 2.05) is 19.3 Å². The van der Waals surface area contributed by atoms with Gasteiger partial charge in [-0.1, -0.05) is 24.3 Å². The van der Waals surface area contributed by atoms with Crippen LogP contribution in [0.3, 0.4) is 0 Å². The zero-order valence-electron chi connectivity index (χ0n) is 12.3. The molecule has 3 heteroatoms. The van der Waals surface area contributed by atoms with E-state index in [0.717, 1.165) is 18.9 Å². The van der Waals surface area contributed by atoms with E-state index in [1.165, 1.54) is 11.1 Å². The number of nitrogens with one attached hydrogen (secondary N) is 1. The fourth-order valence-electron chi connectivity index (χ4n) is 1.97. The summed E-state index contributed by atoms with van der Waals surface area (Å²) in [7, 11) is 0. The molecule has 1 aromatic heterocycles. The van der Waals surface area contributed by atoms with Gasteiger partial charge >= 0.3 is 0 Å². The lowest BCUT2D eigenvalue weighted by atomic mass is 10.1. The summed E-state index contributed by atoms with van der Waals surface area (Å²) in [6.07, 6.45) is 3.87. The molecular weight excluding hydrogens is 234 g/mol. The first kappa shape index (κ1) is 13.8. The summed E-state index contributed by atoms with van der Waals surface area (Å²) in [4.78, 5) is 4.25. The first-order valence-corrected chi connectivity index (χ1v) is 6.75. The zero-order valence-corrected chi connectivity index (χ0v) is 12.3. The summed E-state index contributed by atoms with van der Waals surface area (Å²) in [5.41, 5.74) is 2.79. The molecule has 0 radical (unpaired) electrons. The average Bonchev–Trinajstić information content (AvgIpc) is 2.72. The Hall–Kier alpha value is -1.61. The number of hydrogen-bond donors (Lipinski definition) is 1. The Kier molecular flexibility index (Phi) is 4.05.